The van der Waals surface area contributed by atoms with E-state index in [0.717, 1.165) is 22.4 Å². The van der Waals surface area contributed by atoms with Gasteiger partial charge in [0.05, 0.1) is 11.9 Å². The van der Waals surface area contributed by atoms with Gasteiger partial charge in [0.2, 0.25) is 5.91 Å². The lowest BCUT2D eigenvalue weighted by molar-refractivity contribution is -0.116. The zero-order valence-corrected chi connectivity index (χ0v) is 13.2. The van der Waals surface area contributed by atoms with Gasteiger partial charge in [0.15, 0.2) is 5.82 Å². The Labute approximate surface area is 134 Å². The van der Waals surface area contributed by atoms with Crippen molar-refractivity contribution in [2.24, 2.45) is 7.05 Å². The summed E-state index contributed by atoms with van der Waals surface area (Å²) >= 11 is 0. The van der Waals surface area contributed by atoms with Crippen molar-refractivity contribution < 1.29 is 4.79 Å². The van der Waals surface area contributed by atoms with Crippen LogP contribution in [0.15, 0.2) is 42.7 Å². The van der Waals surface area contributed by atoms with Crippen LogP contribution in [0.3, 0.4) is 0 Å². The third-order valence-corrected chi connectivity index (χ3v) is 3.68. The van der Waals surface area contributed by atoms with Gasteiger partial charge >= 0.3 is 0 Å². The van der Waals surface area contributed by atoms with Gasteiger partial charge in [-0.25, -0.2) is 0 Å². The monoisotopic (exact) mass is 309 g/mol. The maximum absolute atomic E-state index is 12.0. The molecule has 23 heavy (non-hydrogen) atoms. The Kier molecular flexibility index (Phi) is 4.23. The third-order valence-electron chi connectivity index (χ3n) is 3.68. The van der Waals surface area contributed by atoms with E-state index < -0.39 is 0 Å². The number of nitrogens with zero attached hydrogens (tertiary/aromatic N) is 3. The van der Waals surface area contributed by atoms with E-state index in [-0.39, 0.29) is 5.91 Å². The summed E-state index contributed by atoms with van der Waals surface area (Å²) < 4.78 is 1.73. The van der Waals surface area contributed by atoms with E-state index in [1.807, 2.05) is 50.5 Å². The Morgan fingerprint density at radius 2 is 2.17 bits per heavy atom. The SMILES string of the molecule is Cc1ccccc1-c1cc(NC(=O)CCc2cnn(C)c2)n[nH]1. The fraction of sp³-hybridized carbons (Fsp3) is 0.235. The van der Waals surface area contributed by atoms with Crippen LogP contribution in [0.2, 0.25) is 0 Å². The largest absolute Gasteiger partial charge is 0.309 e. The second-order valence-electron chi connectivity index (χ2n) is 5.55. The highest BCUT2D eigenvalue weighted by atomic mass is 16.1. The van der Waals surface area contributed by atoms with Crippen LogP contribution < -0.4 is 5.32 Å². The molecular weight excluding hydrogens is 290 g/mol. The molecule has 3 rings (SSSR count). The minimum absolute atomic E-state index is 0.0586. The molecule has 6 heteroatoms. The number of H-pyrrole nitrogens is 1. The summed E-state index contributed by atoms with van der Waals surface area (Å²) in [6.45, 7) is 2.04. The fourth-order valence-corrected chi connectivity index (χ4v) is 2.46. The molecule has 2 N–H and O–H groups in total. The highest BCUT2D eigenvalue weighted by Crippen LogP contribution is 2.23. The lowest BCUT2D eigenvalue weighted by Gasteiger charge is -2.01. The third kappa shape index (κ3) is 3.66. The average molecular weight is 309 g/mol. The first-order valence-corrected chi connectivity index (χ1v) is 7.50. The molecule has 0 unspecified atom stereocenters. The summed E-state index contributed by atoms with van der Waals surface area (Å²) in [4.78, 5) is 12.0. The number of amides is 1. The second-order valence-corrected chi connectivity index (χ2v) is 5.55. The number of benzene rings is 1. The number of aromatic amines is 1. The number of carbonyl (C=O) groups excluding carboxylic acids is 1. The van der Waals surface area contributed by atoms with Gasteiger partial charge in [0.1, 0.15) is 0 Å². The number of hydrogen-bond donors (Lipinski definition) is 2. The van der Waals surface area contributed by atoms with Gasteiger partial charge in [0.25, 0.3) is 0 Å². The van der Waals surface area contributed by atoms with Gasteiger partial charge in [-0.1, -0.05) is 24.3 Å². The van der Waals surface area contributed by atoms with Crippen molar-refractivity contribution in [3.63, 3.8) is 0 Å². The lowest BCUT2D eigenvalue weighted by Crippen LogP contribution is -2.12. The molecule has 0 aliphatic rings. The number of anilines is 1. The first kappa shape index (κ1) is 15.0. The second kappa shape index (κ2) is 6.48. The first-order chi connectivity index (χ1) is 11.1. The van der Waals surface area contributed by atoms with Gasteiger partial charge in [0, 0.05) is 31.3 Å². The van der Waals surface area contributed by atoms with Crippen LogP contribution in [0.25, 0.3) is 11.3 Å². The van der Waals surface area contributed by atoms with E-state index in [4.69, 9.17) is 0 Å². The standard InChI is InChI=1S/C17H19N5O/c1-12-5-3-4-6-14(12)15-9-16(21-20-15)19-17(23)8-7-13-10-18-22(2)11-13/h3-6,9-11H,7-8H2,1-2H3,(H2,19,20,21,23). The van der Waals surface area contributed by atoms with Gasteiger partial charge in [-0.3, -0.25) is 14.6 Å². The van der Waals surface area contributed by atoms with Crippen LogP contribution in [0.4, 0.5) is 5.82 Å². The normalized spacial score (nSPS) is 10.7. The predicted molar refractivity (Wildman–Crippen MR) is 88.9 cm³/mol. The predicted octanol–water partition coefficient (Wildman–Crippen LogP) is 2.69. The van der Waals surface area contributed by atoms with Crippen molar-refractivity contribution in [1.29, 1.82) is 0 Å². The van der Waals surface area contributed by atoms with Crippen molar-refractivity contribution in [3.05, 3.63) is 53.9 Å². The molecule has 6 nitrogen and oxygen atoms in total. The van der Waals surface area contributed by atoms with Crippen LogP contribution in [-0.2, 0) is 18.3 Å². The van der Waals surface area contributed by atoms with E-state index in [0.29, 0.717) is 18.7 Å². The van der Waals surface area contributed by atoms with Gasteiger partial charge < -0.3 is 5.32 Å². The molecule has 0 aliphatic carbocycles. The van der Waals surface area contributed by atoms with Crippen LogP contribution in [0, 0.1) is 6.92 Å². The number of rotatable bonds is 5. The maximum atomic E-state index is 12.0. The number of hydrogen-bond acceptors (Lipinski definition) is 3. The van der Waals surface area contributed by atoms with E-state index in [1.54, 1.807) is 10.9 Å². The smallest absolute Gasteiger partial charge is 0.225 e. The topological polar surface area (TPSA) is 75.6 Å². The van der Waals surface area contributed by atoms with E-state index >= 15 is 0 Å². The zero-order valence-electron chi connectivity index (χ0n) is 13.2. The number of nitrogens with one attached hydrogen (secondary N) is 2. The van der Waals surface area contributed by atoms with E-state index in [2.05, 4.69) is 20.6 Å². The molecule has 2 heterocycles. The molecule has 0 atom stereocenters. The van der Waals surface area contributed by atoms with Gasteiger partial charge in [-0.15, -0.1) is 0 Å². The average Bonchev–Trinajstić information content (AvgIpc) is 3.15. The molecule has 0 spiro atoms. The molecule has 1 amide bonds. The maximum Gasteiger partial charge on any atom is 0.225 e. The first-order valence-electron chi connectivity index (χ1n) is 7.50. The van der Waals surface area contributed by atoms with Crippen molar-refractivity contribution in [2.45, 2.75) is 19.8 Å². The van der Waals surface area contributed by atoms with Crippen molar-refractivity contribution >= 4 is 11.7 Å². The fourth-order valence-electron chi connectivity index (χ4n) is 2.46. The number of carbonyl (C=O) groups is 1. The van der Waals surface area contributed by atoms with Gasteiger partial charge in [-0.05, 0) is 24.5 Å². The summed E-state index contributed by atoms with van der Waals surface area (Å²) in [5.74, 6) is 0.483. The van der Waals surface area contributed by atoms with E-state index in [1.165, 1.54) is 0 Å². The van der Waals surface area contributed by atoms with Crippen LogP contribution in [0.5, 0.6) is 0 Å². The van der Waals surface area contributed by atoms with Gasteiger partial charge in [-0.2, -0.15) is 10.2 Å². The molecule has 0 saturated carbocycles. The highest BCUT2D eigenvalue weighted by molar-refractivity contribution is 5.90. The number of aromatic nitrogens is 4. The summed E-state index contributed by atoms with van der Waals surface area (Å²) in [5.41, 5.74) is 4.18. The lowest BCUT2D eigenvalue weighted by atomic mass is 10.1. The van der Waals surface area contributed by atoms with Crippen LogP contribution >= 0.6 is 0 Å². The minimum atomic E-state index is -0.0586. The molecule has 3 aromatic rings. The Hall–Kier alpha value is -2.89. The molecule has 2 aromatic heterocycles. The molecule has 0 fully saturated rings. The number of aryl methyl sites for hydroxylation is 3. The molecule has 0 radical (unpaired) electrons. The summed E-state index contributed by atoms with van der Waals surface area (Å²) in [6.07, 6.45) is 4.75. The summed E-state index contributed by atoms with van der Waals surface area (Å²) in [6, 6.07) is 9.90. The van der Waals surface area contributed by atoms with E-state index in [9.17, 15) is 4.79 Å². The Bertz CT molecular complexity index is 818. The quantitative estimate of drug-likeness (QED) is 0.761. The highest BCUT2D eigenvalue weighted by Gasteiger charge is 2.09. The Morgan fingerprint density at radius 1 is 1.35 bits per heavy atom. The molecule has 1 aromatic carbocycles. The van der Waals surface area contributed by atoms with Crippen LogP contribution in [0.1, 0.15) is 17.5 Å². The minimum Gasteiger partial charge on any atom is -0.309 e. The summed E-state index contributed by atoms with van der Waals surface area (Å²) in [7, 11) is 1.86. The molecule has 0 saturated heterocycles. The Morgan fingerprint density at radius 3 is 2.91 bits per heavy atom. The van der Waals surface area contributed by atoms with Crippen LogP contribution in [-0.4, -0.2) is 25.9 Å². The van der Waals surface area contributed by atoms with Crippen molar-refractivity contribution in [1.82, 2.24) is 20.0 Å². The van der Waals surface area contributed by atoms with Crippen molar-refractivity contribution in [3.8, 4) is 11.3 Å². The van der Waals surface area contributed by atoms with Crippen molar-refractivity contribution in [2.75, 3.05) is 5.32 Å². The Balaban J connectivity index is 1.60. The molecular formula is C17H19N5O. The molecule has 118 valence electrons. The molecule has 0 aliphatic heterocycles. The zero-order chi connectivity index (χ0) is 16.2. The molecule has 0 bridgehead atoms. The summed E-state index contributed by atoms with van der Waals surface area (Å²) in [5, 5.41) is 14.0.